The van der Waals surface area contributed by atoms with Crippen LogP contribution in [0.5, 0.6) is 0 Å². The molecule has 1 heterocycles. The fourth-order valence-corrected chi connectivity index (χ4v) is 2.02. The van der Waals surface area contributed by atoms with Crippen molar-refractivity contribution < 1.29 is 19.1 Å². The minimum atomic E-state index is -0.423. The third-order valence-electron chi connectivity index (χ3n) is 2.03. The Morgan fingerprint density at radius 2 is 2.00 bits per heavy atom. The number of esters is 1. The topological polar surface area (TPSA) is 64.6 Å². The van der Waals surface area contributed by atoms with Gasteiger partial charge in [-0.2, -0.15) is 0 Å². The average molecular weight is 257 g/mol. The number of thiophene rings is 1. The fourth-order valence-electron chi connectivity index (χ4n) is 1.18. The highest BCUT2D eigenvalue weighted by molar-refractivity contribution is 7.15. The molecule has 94 valence electrons. The minimum absolute atomic E-state index is 0.179. The van der Waals surface area contributed by atoms with Crippen LogP contribution in [0.2, 0.25) is 0 Å². The Hall–Kier alpha value is -1.40. The zero-order valence-electron chi connectivity index (χ0n) is 9.82. The Kier molecular flexibility index (Phi) is 5.65. The summed E-state index contributed by atoms with van der Waals surface area (Å²) < 4.78 is 9.44. The molecule has 0 spiro atoms. The van der Waals surface area contributed by atoms with Crippen LogP contribution in [0, 0.1) is 0 Å². The van der Waals surface area contributed by atoms with E-state index in [-0.39, 0.29) is 5.91 Å². The molecule has 0 atom stereocenters. The van der Waals surface area contributed by atoms with E-state index in [0.717, 1.165) is 17.8 Å². The highest BCUT2D eigenvalue weighted by atomic mass is 32.1. The molecule has 1 N–H and O–H groups in total. The summed E-state index contributed by atoms with van der Waals surface area (Å²) in [6.45, 7) is 1.16. The van der Waals surface area contributed by atoms with Crippen molar-refractivity contribution in [1.29, 1.82) is 0 Å². The Labute approximate surface area is 104 Å². The minimum Gasteiger partial charge on any atom is -0.465 e. The fraction of sp³-hybridized carbons (Fsp3) is 0.455. The first kappa shape index (κ1) is 13.7. The van der Waals surface area contributed by atoms with Crippen molar-refractivity contribution in [1.82, 2.24) is 5.32 Å². The molecule has 0 aliphatic rings. The summed E-state index contributed by atoms with van der Waals surface area (Å²) in [7, 11) is 2.93. The van der Waals surface area contributed by atoms with Crippen LogP contribution in [0.3, 0.4) is 0 Å². The maximum absolute atomic E-state index is 11.6. The van der Waals surface area contributed by atoms with Gasteiger partial charge in [0.25, 0.3) is 5.91 Å². The molecule has 0 radical (unpaired) electrons. The van der Waals surface area contributed by atoms with Gasteiger partial charge in [-0.05, 0) is 18.6 Å². The van der Waals surface area contributed by atoms with Crippen molar-refractivity contribution in [3.63, 3.8) is 0 Å². The molecule has 1 aromatic heterocycles. The van der Waals surface area contributed by atoms with Crippen LogP contribution < -0.4 is 5.32 Å². The summed E-state index contributed by atoms with van der Waals surface area (Å²) >= 11 is 1.12. The third-order valence-corrected chi connectivity index (χ3v) is 3.09. The number of ether oxygens (including phenoxy) is 2. The molecule has 0 aliphatic carbocycles. The normalized spacial score (nSPS) is 10.0. The monoisotopic (exact) mass is 257 g/mol. The van der Waals surface area contributed by atoms with Crippen LogP contribution in [-0.2, 0) is 9.47 Å². The van der Waals surface area contributed by atoms with Gasteiger partial charge < -0.3 is 14.8 Å². The lowest BCUT2D eigenvalue weighted by Gasteiger charge is -2.02. The summed E-state index contributed by atoms with van der Waals surface area (Å²) in [5.41, 5.74) is 0. The number of nitrogens with one attached hydrogen (secondary N) is 1. The molecule has 5 nitrogen and oxygen atoms in total. The molecule has 0 unspecified atom stereocenters. The molecule has 6 heteroatoms. The molecule has 1 amide bonds. The van der Waals surface area contributed by atoms with Crippen molar-refractivity contribution in [2.24, 2.45) is 0 Å². The van der Waals surface area contributed by atoms with E-state index in [1.807, 2.05) is 0 Å². The Morgan fingerprint density at radius 3 is 2.65 bits per heavy atom. The van der Waals surface area contributed by atoms with Crippen LogP contribution in [0.4, 0.5) is 0 Å². The quantitative estimate of drug-likeness (QED) is 0.616. The van der Waals surface area contributed by atoms with Crippen molar-refractivity contribution >= 4 is 23.2 Å². The van der Waals surface area contributed by atoms with Gasteiger partial charge in [-0.3, -0.25) is 4.79 Å². The van der Waals surface area contributed by atoms with Gasteiger partial charge in [-0.15, -0.1) is 11.3 Å². The maximum Gasteiger partial charge on any atom is 0.348 e. The first-order chi connectivity index (χ1) is 8.19. The lowest BCUT2D eigenvalue weighted by molar-refractivity contribution is 0.0606. The molecule has 17 heavy (non-hydrogen) atoms. The second-order valence-electron chi connectivity index (χ2n) is 3.26. The van der Waals surface area contributed by atoms with E-state index < -0.39 is 5.97 Å². The zero-order chi connectivity index (χ0) is 12.7. The molecular formula is C11H15NO4S. The summed E-state index contributed by atoms with van der Waals surface area (Å²) in [5, 5.41) is 2.74. The van der Waals surface area contributed by atoms with Gasteiger partial charge in [0.2, 0.25) is 0 Å². The van der Waals surface area contributed by atoms with E-state index in [4.69, 9.17) is 4.74 Å². The van der Waals surface area contributed by atoms with Crippen LogP contribution in [0.1, 0.15) is 25.8 Å². The molecule has 0 bridgehead atoms. The lowest BCUT2D eigenvalue weighted by Crippen LogP contribution is -2.24. The van der Waals surface area contributed by atoms with Gasteiger partial charge >= 0.3 is 5.97 Å². The zero-order valence-corrected chi connectivity index (χ0v) is 10.6. The van der Waals surface area contributed by atoms with E-state index in [1.165, 1.54) is 7.11 Å². The molecule has 1 aromatic rings. The highest BCUT2D eigenvalue weighted by Crippen LogP contribution is 2.17. The largest absolute Gasteiger partial charge is 0.465 e. The highest BCUT2D eigenvalue weighted by Gasteiger charge is 2.13. The first-order valence-electron chi connectivity index (χ1n) is 5.14. The SMILES string of the molecule is COCCCNC(=O)c1ccc(C(=O)OC)s1. The summed E-state index contributed by atoms with van der Waals surface area (Å²) in [6.07, 6.45) is 0.761. The molecular weight excluding hydrogens is 242 g/mol. The van der Waals surface area contributed by atoms with Crippen LogP contribution in [-0.4, -0.2) is 39.2 Å². The Bertz CT molecular complexity index is 389. The number of methoxy groups -OCH3 is 2. The molecule has 0 aromatic carbocycles. The van der Waals surface area contributed by atoms with Gasteiger partial charge in [-0.25, -0.2) is 4.79 Å². The predicted octanol–water partition coefficient (Wildman–Crippen LogP) is 1.30. The van der Waals surface area contributed by atoms with Crippen molar-refractivity contribution in [2.75, 3.05) is 27.4 Å². The molecule has 0 fully saturated rings. The molecule has 1 rings (SSSR count). The van der Waals surface area contributed by atoms with Crippen molar-refractivity contribution in [2.45, 2.75) is 6.42 Å². The van der Waals surface area contributed by atoms with Crippen LogP contribution in [0.15, 0.2) is 12.1 Å². The number of carbonyl (C=O) groups excluding carboxylic acids is 2. The van der Waals surface area contributed by atoms with Gasteiger partial charge in [0.1, 0.15) is 4.88 Å². The second-order valence-corrected chi connectivity index (χ2v) is 4.34. The van der Waals surface area contributed by atoms with E-state index in [2.05, 4.69) is 10.1 Å². The van der Waals surface area contributed by atoms with E-state index in [1.54, 1.807) is 19.2 Å². The number of carbonyl (C=O) groups is 2. The predicted molar refractivity (Wildman–Crippen MR) is 64.5 cm³/mol. The number of rotatable bonds is 6. The number of hydrogen-bond acceptors (Lipinski definition) is 5. The summed E-state index contributed by atoms with van der Waals surface area (Å²) in [6, 6.07) is 3.20. The van der Waals surface area contributed by atoms with Crippen LogP contribution in [0.25, 0.3) is 0 Å². The van der Waals surface area contributed by atoms with Gasteiger partial charge in [-0.1, -0.05) is 0 Å². The molecule has 0 aliphatic heterocycles. The van der Waals surface area contributed by atoms with Gasteiger partial charge in [0.05, 0.1) is 12.0 Å². The van der Waals surface area contributed by atoms with Crippen LogP contribution >= 0.6 is 11.3 Å². The second kappa shape index (κ2) is 7.03. The first-order valence-corrected chi connectivity index (χ1v) is 5.96. The Morgan fingerprint density at radius 1 is 1.29 bits per heavy atom. The number of amides is 1. The van der Waals surface area contributed by atoms with E-state index in [9.17, 15) is 9.59 Å². The van der Waals surface area contributed by atoms with Crippen molar-refractivity contribution in [3.05, 3.63) is 21.9 Å². The lowest BCUT2D eigenvalue weighted by atomic mass is 10.4. The van der Waals surface area contributed by atoms with E-state index >= 15 is 0 Å². The average Bonchev–Trinajstić information content (AvgIpc) is 2.83. The third kappa shape index (κ3) is 4.16. The molecule has 0 saturated heterocycles. The van der Waals surface area contributed by atoms with Gasteiger partial charge in [0.15, 0.2) is 0 Å². The standard InChI is InChI=1S/C11H15NO4S/c1-15-7-3-6-12-10(13)8-4-5-9(17-8)11(14)16-2/h4-5H,3,6-7H2,1-2H3,(H,12,13). The summed E-state index contributed by atoms with van der Waals surface area (Å²) in [5.74, 6) is -0.602. The smallest absolute Gasteiger partial charge is 0.348 e. The van der Waals surface area contributed by atoms with Crippen molar-refractivity contribution in [3.8, 4) is 0 Å². The Balaban J connectivity index is 2.46. The number of hydrogen-bond donors (Lipinski definition) is 1. The van der Waals surface area contributed by atoms with Gasteiger partial charge in [0, 0.05) is 20.3 Å². The maximum atomic E-state index is 11.6. The molecule has 0 saturated carbocycles. The summed E-state index contributed by atoms with van der Waals surface area (Å²) in [4.78, 5) is 23.8. The van der Waals surface area contributed by atoms with E-state index in [0.29, 0.717) is 22.9 Å².